The van der Waals surface area contributed by atoms with Gasteiger partial charge in [-0.3, -0.25) is 28.8 Å². The lowest BCUT2D eigenvalue weighted by Crippen LogP contribution is -2.58. The molecule has 4 atom stereocenters. The van der Waals surface area contributed by atoms with Gasteiger partial charge in [-0.1, -0.05) is 0 Å². The largest absolute Gasteiger partial charge is 0.480 e. The van der Waals surface area contributed by atoms with E-state index in [1.165, 1.54) is 0 Å². The summed E-state index contributed by atoms with van der Waals surface area (Å²) in [7, 11) is 0. The maximum Gasteiger partial charge on any atom is 0.328 e. The Morgan fingerprint density at radius 3 is 1.77 bits per heavy atom. The molecule has 0 fully saturated rings. The smallest absolute Gasteiger partial charge is 0.328 e. The van der Waals surface area contributed by atoms with Gasteiger partial charge in [-0.15, -0.1) is 0 Å². The summed E-state index contributed by atoms with van der Waals surface area (Å²) in [6.45, 7) is -3.15. The van der Waals surface area contributed by atoms with Crippen LogP contribution in [0, 0.1) is 0 Å². The molecule has 0 saturated heterocycles. The third-order valence-electron chi connectivity index (χ3n) is 4.07. The molecule has 0 rings (SSSR count). The minimum Gasteiger partial charge on any atom is -0.480 e. The lowest BCUT2D eigenvalue weighted by molar-refractivity contribution is -0.142. The predicted molar refractivity (Wildman–Crippen MR) is 119 cm³/mol. The topological polar surface area (TPSA) is 292 Å². The van der Waals surface area contributed by atoms with E-state index < -0.39 is 98.3 Å². The van der Waals surface area contributed by atoms with Crippen LogP contribution >= 0.6 is 12.6 Å². The predicted octanol–water partition coefficient (Wildman–Crippen LogP) is -7.13. The first-order valence-electron chi connectivity index (χ1n) is 9.89. The first-order chi connectivity index (χ1) is 16.4. The molecule has 0 spiro atoms. The summed E-state index contributed by atoms with van der Waals surface area (Å²) in [5.41, 5.74) is 10.5. The van der Waals surface area contributed by atoms with Crippen molar-refractivity contribution in [3.8, 4) is 0 Å². The maximum absolute atomic E-state index is 12.4. The second kappa shape index (κ2) is 16.2. The Labute approximate surface area is 204 Å². The molecule has 0 aliphatic heterocycles. The molecule has 0 bridgehead atoms. The van der Waals surface area contributed by atoms with Crippen LogP contribution in [-0.2, 0) is 33.6 Å². The number of aliphatic hydroxyl groups is 2. The van der Waals surface area contributed by atoms with Crippen LogP contribution in [-0.4, -0.2) is 113 Å². The molecule has 198 valence electrons. The van der Waals surface area contributed by atoms with Crippen molar-refractivity contribution < 1.29 is 48.9 Å². The highest BCUT2D eigenvalue weighted by molar-refractivity contribution is 7.80. The summed E-state index contributed by atoms with van der Waals surface area (Å²) in [6.07, 6.45) is -0.639. The molecular formula is C17H29N7O10S. The molecule has 17 nitrogen and oxygen atoms in total. The van der Waals surface area contributed by atoms with Crippen molar-refractivity contribution in [1.29, 1.82) is 0 Å². The Morgan fingerprint density at radius 1 is 0.743 bits per heavy atom. The fraction of sp³-hybridized carbons (Fsp3) is 0.588. The van der Waals surface area contributed by atoms with E-state index in [1.807, 2.05) is 5.32 Å². The third kappa shape index (κ3) is 12.5. The molecule has 0 saturated carbocycles. The van der Waals surface area contributed by atoms with E-state index in [-0.39, 0.29) is 5.75 Å². The van der Waals surface area contributed by atoms with Crippen molar-refractivity contribution in [2.75, 3.05) is 32.1 Å². The van der Waals surface area contributed by atoms with Crippen LogP contribution in [0.25, 0.3) is 0 Å². The van der Waals surface area contributed by atoms with E-state index in [1.54, 1.807) is 0 Å². The molecule has 0 heterocycles. The molecule has 0 radical (unpaired) electrons. The summed E-state index contributed by atoms with van der Waals surface area (Å²) in [5.74, 6) is -7.20. The fourth-order valence-electron chi connectivity index (χ4n) is 2.20. The van der Waals surface area contributed by atoms with Crippen LogP contribution in [0.3, 0.4) is 0 Å². The number of aliphatic hydroxyl groups excluding tert-OH is 2. The zero-order chi connectivity index (χ0) is 27.1. The molecule has 12 N–H and O–H groups in total. The SMILES string of the molecule is NC(=O)C[C@H](NC(=O)[C@@H](N)CS)C(=O)N[C@@H](CO)C(=O)NCC(=O)NCC(=O)N[C@@H](CO)C(=O)O. The second-order valence-corrected chi connectivity index (χ2v) is 7.27. The van der Waals surface area contributed by atoms with Gasteiger partial charge < -0.3 is 53.4 Å². The molecular weight excluding hydrogens is 494 g/mol. The molecule has 6 amide bonds. The fourth-order valence-corrected chi connectivity index (χ4v) is 2.37. The van der Waals surface area contributed by atoms with Crippen molar-refractivity contribution in [2.24, 2.45) is 11.5 Å². The number of carbonyl (C=O) groups is 7. The summed E-state index contributed by atoms with van der Waals surface area (Å²) in [5, 5.41) is 37.3. The molecule has 18 heteroatoms. The molecule has 0 unspecified atom stereocenters. The Hall–Kier alpha value is -3.48. The molecule has 0 aromatic rings. The van der Waals surface area contributed by atoms with Crippen molar-refractivity contribution in [3.63, 3.8) is 0 Å². The lowest BCUT2D eigenvalue weighted by atomic mass is 10.1. The molecule has 0 aromatic heterocycles. The minimum atomic E-state index is -1.59. The highest BCUT2D eigenvalue weighted by Crippen LogP contribution is 1.96. The van der Waals surface area contributed by atoms with E-state index in [4.69, 9.17) is 21.7 Å². The quantitative estimate of drug-likeness (QED) is 0.0844. The summed E-state index contributed by atoms with van der Waals surface area (Å²) in [4.78, 5) is 81.8. The third-order valence-corrected chi connectivity index (χ3v) is 4.47. The number of carboxylic acids is 1. The highest BCUT2D eigenvalue weighted by atomic mass is 32.1. The Morgan fingerprint density at radius 2 is 1.29 bits per heavy atom. The van der Waals surface area contributed by atoms with Crippen LogP contribution < -0.4 is 38.1 Å². The van der Waals surface area contributed by atoms with E-state index in [0.29, 0.717) is 0 Å². The Kier molecular flexibility index (Phi) is 14.6. The highest BCUT2D eigenvalue weighted by Gasteiger charge is 2.29. The average Bonchev–Trinajstić information content (AvgIpc) is 2.80. The molecule has 0 aliphatic rings. The Balaban J connectivity index is 4.81. The van der Waals surface area contributed by atoms with Crippen molar-refractivity contribution in [1.82, 2.24) is 26.6 Å². The van der Waals surface area contributed by atoms with Crippen LogP contribution in [0.4, 0.5) is 0 Å². The second-order valence-electron chi connectivity index (χ2n) is 6.90. The van der Waals surface area contributed by atoms with Crippen LogP contribution in [0.1, 0.15) is 6.42 Å². The van der Waals surface area contributed by atoms with E-state index >= 15 is 0 Å². The normalized spacial score (nSPS) is 13.8. The zero-order valence-electron chi connectivity index (χ0n) is 18.4. The number of nitrogens with two attached hydrogens (primary N) is 2. The van der Waals surface area contributed by atoms with E-state index in [9.17, 15) is 38.7 Å². The first kappa shape index (κ1) is 31.5. The van der Waals surface area contributed by atoms with E-state index in [2.05, 4.69) is 33.9 Å². The number of thiol groups is 1. The molecule has 0 aliphatic carbocycles. The van der Waals surface area contributed by atoms with Crippen LogP contribution in [0.15, 0.2) is 0 Å². The van der Waals surface area contributed by atoms with Gasteiger partial charge in [0, 0.05) is 5.75 Å². The van der Waals surface area contributed by atoms with Gasteiger partial charge in [0.1, 0.15) is 18.1 Å². The number of carbonyl (C=O) groups excluding carboxylic acids is 6. The number of carboxylic acid groups (broad SMARTS) is 1. The van der Waals surface area contributed by atoms with Crippen LogP contribution in [0.5, 0.6) is 0 Å². The van der Waals surface area contributed by atoms with Gasteiger partial charge in [0.2, 0.25) is 35.4 Å². The maximum atomic E-state index is 12.4. The van der Waals surface area contributed by atoms with Crippen molar-refractivity contribution in [2.45, 2.75) is 30.6 Å². The van der Waals surface area contributed by atoms with Gasteiger partial charge in [-0.2, -0.15) is 12.6 Å². The van der Waals surface area contributed by atoms with Crippen molar-refractivity contribution in [3.05, 3.63) is 0 Å². The van der Waals surface area contributed by atoms with Crippen molar-refractivity contribution >= 4 is 54.0 Å². The number of rotatable bonds is 16. The van der Waals surface area contributed by atoms with Gasteiger partial charge >= 0.3 is 5.97 Å². The monoisotopic (exact) mass is 523 g/mol. The number of aliphatic carboxylic acids is 1. The van der Waals surface area contributed by atoms with E-state index in [0.717, 1.165) is 0 Å². The molecule has 0 aromatic carbocycles. The first-order valence-corrected chi connectivity index (χ1v) is 10.5. The number of primary amides is 1. The number of nitrogens with one attached hydrogen (secondary N) is 5. The zero-order valence-corrected chi connectivity index (χ0v) is 19.2. The minimum absolute atomic E-state index is 0.0658. The number of amides is 6. The number of hydrogen-bond acceptors (Lipinski definition) is 11. The van der Waals surface area contributed by atoms with Gasteiger partial charge in [0.15, 0.2) is 0 Å². The summed E-state index contributed by atoms with van der Waals surface area (Å²) < 4.78 is 0. The molecule has 35 heavy (non-hydrogen) atoms. The average molecular weight is 524 g/mol. The lowest BCUT2D eigenvalue weighted by Gasteiger charge is -2.22. The van der Waals surface area contributed by atoms with Gasteiger partial charge in [0.25, 0.3) is 0 Å². The number of hydrogen-bond donors (Lipinski definition) is 11. The summed E-state index contributed by atoms with van der Waals surface area (Å²) in [6, 6.07) is -5.77. The van der Waals surface area contributed by atoms with Gasteiger partial charge in [0.05, 0.1) is 38.8 Å². The summed E-state index contributed by atoms with van der Waals surface area (Å²) >= 11 is 3.84. The van der Waals surface area contributed by atoms with Crippen LogP contribution in [0.2, 0.25) is 0 Å². The Bertz CT molecular complexity index is 812. The standard InChI is InChI=1S/C17H29N7O10S/c18-7(6-35)14(30)23-8(1-11(19)27)16(32)24-9(4-25)15(31)21-2-12(28)20-3-13(29)22-10(5-26)17(33)34/h7-10,25-26,35H,1-6,18H2,(H2,19,27)(H,20,28)(H,21,31)(H,22,29)(H,23,30)(H,24,32)(H,33,34)/t7-,8-,9-,10-/m0/s1. The van der Waals surface area contributed by atoms with Gasteiger partial charge in [-0.05, 0) is 0 Å². The van der Waals surface area contributed by atoms with Gasteiger partial charge in [-0.25, -0.2) is 4.79 Å².